The number of carbonyl (C=O) groups excluding carboxylic acids is 1. The van der Waals surface area contributed by atoms with Crippen LogP contribution in [0.3, 0.4) is 0 Å². The minimum absolute atomic E-state index is 0. The zero-order valence-corrected chi connectivity index (χ0v) is 8.76. The maximum atomic E-state index is 10.1. The Bertz CT molecular complexity index is 231. The van der Waals surface area contributed by atoms with Gasteiger partial charge >= 0.3 is 35.5 Å². The summed E-state index contributed by atoms with van der Waals surface area (Å²) in [5.41, 5.74) is 0. The standard InChI is InChI=1S/C4H6O5S.Na/c1-2-4(5)9-3-10(6,7)8;/h2H,1,3H2,(H,6,7,8);/q;+1/p-1. The van der Waals surface area contributed by atoms with Crippen LogP contribution in [-0.2, 0) is 19.6 Å². The molecule has 0 aliphatic heterocycles. The molecule has 0 spiro atoms. The van der Waals surface area contributed by atoms with Gasteiger partial charge in [-0.3, -0.25) is 0 Å². The fourth-order valence-corrected chi connectivity index (χ4v) is 0.450. The Kier molecular flexibility index (Phi) is 7.13. The Labute approximate surface area is 86.5 Å². The normalized spacial score (nSPS) is 9.55. The van der Waals surface area contributed by atoms with Crippen LogP contribution in [0.1, 0.15) is 0 Å². The third-order valence-electron chi connectivity index (χ3n) is 0.512. The van der Waals surface area contributed by atoms with E-state index in [0.29, 0.717) is 0 Å². The Balaban J connectivity index is 0. The molecule has 0 N–H and O–H groups in total. The summed E-state index contributed by atoms with van der Waals surface area (Å²) in [4.78, 5) is 10.1. The monoisotopic (exact) mass is 188 g/mol. The van der Waals surface area contributed by atoms with Crippen molar-refractivity contribution in [3.63, 3.8) is 0 Å². The van der Waals surface area contributed by atoms with Crippen molar-refractivity contribution in [2.75, 3.05) is 5.94 Å². The fraction of sp³-hybridized carbons (Fsp3) is 0.250. The van der Waals surface area contributed by atoms with Gasteiger partial charge in [0.25, 0.3) is 0 Å². The maximum absolute atomic E-state index is 10.1. The van der Waals surface area contributed by atoms with Gasteiger partial charge in [0.2, 0.25) is 0 Å². The van der Waals surface area contributed by atoms with Crippen molar-refractivity contribution in [2.45, 2.75) is 0 Å². The number of carbonyl (C=O) groups is 1. The molecule has 7 heteroatoms. The van der Waals surface area contributed by atoms with Gasteiger partial charge in [-0.2, -0.15) is 0 Å². The Hall–Kier alpha value is 0.120. The zero-order chi connectivity index (χ0) is 8.20. The van der Waals surface area contributed by atoms with Gasteiger partial charge in [-0.15, -0.1) is 0 Å². The molecular weight excluding hydrogens is 183 g/mol. The molecule has 5 nitrogen and oxygen atoms in total. The first-order valence-corrected chi connectivity index (χ1v) is 3.76. The topological polar surface area (TPSA) is 83.5 Å². The second kappa shape index (κ2) is 5.73. The molecule has 0 unspecified atom stereocenters. The molecule has 0 aliphatic rings. The van der Waals surface area contributed by atoms with E-state index < -0.39 is 22.0 Å². The molecule has 0 saturated carbocycles. The van der Waals surface area contributed by atoms with E-state index >= 15 is 0 Å². The second-order valence-corrected chi connectivity index (χ2v) is 2.69. The minimum atomic E-state index is -4.47. The first-order valence-electron chi connectivity index (χ1n) is 2.18. The van der Waals surface area contributed by atoms with Gasteiger partial charge in [-0.1, -0.05) is 6.58 Å². The molecule has 0 aliphatic carbocycles. The molecule has 0 aromatic carbocycles. The molecular formula is C4H5NaO5S. The van der Waals surface area contributed by atoms with Gasteiger partial charge in [-0.05, 0) is 0 Å². The van der Waals surface area contributed by atoms with E-state index in [0.717, 1.165) is 6.08 Å². The summed E-state index contributed by atoms with van der Waals surface area (Å²) >= 11 is 0. The smallest absolute Gasteiger partial charge is 0.745 e. The quantitative estimate of drug-likeness (QED) is 0.196. The minimum Gasteiger partial charge on any atom is -0.745 e. The summed E-state index contributed by atoms with van der Waals surface area (Å²) in [5.74, 6) is -2.07. The van der Waals surface area contributed by atoms with Crippen molar-refractivity contribution in [1.29, 1.82) is 0 Å². The SMILES string of the molecule is C=CC(=O)OCS(=O)(=O)[O-].[Na+]. The summed E-state index contributed by atoms with van der Waals surface area (Å²) in [7, 11) is -4.47. The third kappa shape index (κ3) is 10.1. The van der Waals surface area contributed by atoms with Crippen LogP contribution in [0.2, 0.25) is 0 Å². The van der Waals surface area contributed by atoms with E-state index in [9.17, 15) is 17.8 Å². The molecule has 0 bridgehead atoms. The van der Waals surface area contributed by atoms with Crippen LogP contribution in [0.25, 0.3) is 0 Å². The van der Waals surface area contributed by atoms with Crippen molar-refractivity contribution in [3.8, 4) is 0 Å². The van der Waals surface area contributed by atoms with Crippen LogP contribution in [-0.4, -0.2) is 24.9 Å². The van der Waals surface area contributed by atoms with E-state index in [-0.39, 0.29) is 29.6 Å². The van der Waals surface area contributed by atoms with E-state index in [1.165, 1.54) is 0 Å². The summed E-state index contributed by atoms with van der Waals surface area (Å²) in [5, 5.41) is 0. The molecule has 0 heterocycles. The van der Waals surface area contributed by atoms with Crippen molar-refractivity contribution < 1.29 is 52.1 Å². The van der Waals surface area contributed by atoms with Crippen molar-refractivity contribution in [3.05, 3.63) is 12.7 Å². The van der Waals surface area contributed by atoms with E-state index in [1.54, 1.807) is 0 Å². The molecule has 58 valence electrons. The predicted molar refractivity (Wildman–Crippen MR) is 30.9 cm³/mol. The first-order chi connectivity index (χ1) is 4.45. The zero-order valence-electron chi connectivity index (χ0n) is 5.94. The van der Waals surface area contributed by atoms with Gasteiger partial charge in [0.15, 0.2) is 5.94 Å². The van der Waals surface area contributed by atoms with Crippen LogP contribution in [0.4, 0.5) is 0 Å². The first kappa shape index (κ1) is 13.7. The molecule has 0 atom stereocenters. The average molecular weight is 188 g/mol. The average Bonchev–Trinajstić information content (AvgIpc) is 1.81. The van der Waals surface area contributed by atoms with E-state index in [4.69, 9.17) is 0 Å². The van der Waals surface area contributed by atoms with Gasteiger partial charge in [0, 0.05) is 6.08 Å². The number of ether oxygens (including phenoxy) is 1. The number of esters is 1. The number of hydrogen-bond donors (Lipinski definition) is 0. The summed E-state index contributed by atoms with van der Waals surface area (Å²) in [6, 6.07) is 0. The molecule has 0 radical (unpaired) electrons. The molecule has 0 amide bonds. The van der Waals surface area contributed by atoms with E-state index in [2.05, 4.69) is 11.3 Å². The summed E-state index contributed by atoms with van der Waals surface area (Å²) in [6.07, 6.45) is 0.769. The predicted octanol–water partition coefficient (Wildman–Crippen LogP) is -3.78. The molecule has 11 heavy (non-hydrogen) atoms. The van der Waals surface area contributed by atoms with Crippen LogP contribution in [0.15, 0.2) is 12.7 Å². The van der Waals surface area contributed by atoms with Crippen LogP contribution in [0, 0.1) is 0 Å². The maximum Gasteiger partial charge on any atom is 1.00 e. The van der Waals surface area contributed by atoms with Gasteiger partial charge in [-0.25, -0.2) is 13.2 Å². The third-order valence-corrected chi connectivity index (χ3v) is 0.919. The van der Waals surface area contributed by atoms with Gasteiger partial charge < -0.3 is 9.29 Å². The fourth-order valence-electron chi connectivity index (χ4n) is 0.189. The number of hydrogen-bond acceptors (Lipinski definition) is 5. The van der Waals surface area contributed by atoms with Crippen LogP contribution in [0.5, 0.6) is 0 Å². The summed E-state index contributed by atoms with van der Waals surface area (Å²) in [6.45, 7) is 2.99. The van der Waals surface area contributed by atoms with Crippen molar-refractivity contribution in [2.24, 2.45) is 0 Å². The Morgan fingerprint density at radius 1 is 1.64 bits per heavy atom. The molecule has 0 saturated heterocycles. The molecule has 0 rings (SSSR count). The Morgan fingerprint density at radius 2 is 2.09 bits per heavy atom. The molecule has 0 aromatic rings. The molecule has 0 fully saturated rings. The largest absolute Gasteiger partial charge is 1.00 e. The van der Waals surface area contributed by atoms with Crippen LogP contribution < -0.4 is 29.6 Å². The second-order valence-electron chi connectivity index (χ2n) is 1.34. The summed E-state index contributed by atoms with van der Waals surface area (Å²) < 4.78 is 33.3. The molecule has 0 aromatic heterocycles. The number of rotatable bonds is 3. The van der Waals surface area contributed by atoms with Gasteiger partial charge in [0.1, 0.15) is 10.1 Å². The van der Waals surface area contributed by atoms with Crippen molar-refractivity contribution in [1.82, 2.24) is 0 Å². The Morgan fingerprint density at radius 3 is 2.36 bits per heavy atom. The van der Waals surface area contributed by atoms with Crippen molar-refractivity contribution >= 4 is 16.1 Å². The van der Waals surface area contributed by atoms with Crippen LogP contribution >= 0.6 is 0 Å². The van der Waals surface area contributed by atoms with E-state index in [1.807, 2.05) is 0 Å². The van der Waals surface area contributed by atoms with Gasteiger partial charge in [0.05, 0.1) is 0 Å².